The van der Waals surface area contributed by atoms with Crippen molar-refractivity contribution in [2.24, 2.45) is 5.92 Å². The fourth-order valence-electron chi connectivity index (χ4n) is 2.99. The van der Waals surface area contributed by atoms with E-state index in [4.69, 9.17) is 4.74 Å². The molecule has 1 aliphatic rings. The molecule has 1 atom stereocenters. The lowest BCUT2D eigenvalue weighted by Crippen LogP contribution is -2.44. The SMILES string of the molecule is CCOC(=O)C1CCCN(C(=O)Nc2cc(C(=O)OC)cc(C(=O)OC)c2)C1. The Morgan fingerprint density at radius 1 is 1.07 bits per heavy atom. The molecule has 1 aromatic rings. The Bertz CT molecular complexity index is 728. The fraction of sp³-hybridized carbons (Fsp3) is 0.474. The number of rotatable bonds is 5. The van der Waals surface area contributed by atoms with Crippen LogP contribution < -0.4 is 5.32 Å². The van der Waals surface area contributed by atoms with Gasteiger partial charge in [-0.25, -0.2) is 14.4 Å². The molecule has 28 heavy (non-hydrogen) atoms. The Labute approximate surface area is 162 Å². The van der Waals surface area contributed by atoms with Crippen molar-refractivity contribution < 1.29 is 33.4 Å². The van der Waals surface area contributed by atoms with E-state index in [2.05, 4.69) is 14.8 Å². The lowest BCUT2D eigenvalue weighted by Gasteiger charge is -2.31. The molecule has 1 saturated heterocycles. The van der Waals surface area contributed by atoms with Crippen LogP contribution in [0.15, 0.2) is 18.2 Å². The molecule has 0 aromatic heterocycles. The molecule has 2 amide bonds. The maximum absolute atomic E-state index is 12.6. The van der Waals surface area contributed by atoms with Crippen molar-refractivity contribution in [3.63, 3.8) is 0 Å². The molecule has 1 aromatic carbocycles. The van der Waals surface area contributed by atoms with Crippen LogP contribution in [-0.2, 0) is 19.0 Å². The number of urea groups is 1. The fourth-order valence-corrected chi connectivity index (χ4v) is 2.99. The number of hydrogen-bond donors (Lipinski definition) is 1. The van der Waals surface area contributed by atoms with Gasteiger partial charge in [0, 0.05) is 18.8 Å². The van der Waals surface area contributed by atoms with Gasteiger partial charge in [-0.05, 0) is 38.0 Å². The van der Waals surface area contributed by atoms with E-state index in [1.807, 2.05) is 0 Å². The van der Waals surface area contributed by atoms with E-state index >= 15 is 0 Å². The lowest BCUT2D eigenvalue weighted by molar-refractivity contribution is -0.149. The predicted molar refractivity (Wildman–Crippen MR) is 99.1 cm³/mol. The number of amides is 2. The first kappa shape index (κ1) is 21.2. The van der Waals surface area contributed by atoms with Gasteiger partial charge in [-0.3, -0.25) is 4.79 Å². The van der Waals surface area contributed by atoms with E-state index in [9.17, 15) is 19.2 Å². The number of ether oxygens (including phenoxy) is 3. The average Bonchev–Trinajstić information content (AvgIpc) is 2.72. The molecule has 0 saturated carbocycles. The van der Waals surface area contributed by atoms with Crippen LogP contribution in [0.3, 0.4) is 0 Å². The van der Waals surface area contributed by atoms with Crippen LogP contribution in [0.5, 0.6) is 0 Å². The number of benzene rings is 1. The van der Waals surface area contributed by atoms with E-state index in [-0.39, 0.29) is 41.9 Å². The molecule has 1 fully saturated rings. The number of hydrogen-bond acceptors (Lipinski definition) is 7. The Morgan fingerprint density at radius 2 is 1.68 bits per heavy atom. The zero-order valence-corrected chi connectivity index (χ0v) is 16.1. The highest BCUT2D eigenvalue weighted by atomic mass is 16.5. The first-order valence-corrected chi connectivity index (χ1v) is 8.93. The van der Waals surface area contributed by atoms with Crippen LogP contribution >= 0.6 is 0 Å². The molecule has 1 N–H and O–H groups in total. The number of anilines is 1. The quantitative estimate of drug-likeness (QED) is 0.603. The molecule has 0 bridgehead atoms. The lowest BCUT2D eigenvalue weighted by atomic mass is 9.98. The summed E-state index contributed by atoms with van der Waals surface area (Å²) in [6.07, 6.45) is 1.33. The smallest absolute Gasteiger partial charge is 0.337 e. The monoisotopic (exact) mass is 392 g/mol. The van der Waals surface area contributed by atoms with Crippen molar-refractivity contribution in [1.29, 1.82) is 0 Å². The van der Waals surface area contributed by atoms with Crippen LogP contribution in [0.25, 0.3) is 0 Å². The highest BCUT2D eigenvalue weighted by molar-refractivity contribution is 5.99. The van der Waals surface area contributed by atoms with Gasteiger partial charge in [-0.15, -0.1) is 0 Å². The van der Waals surface area contributed by atoms with E-state index in [0.717, 1.165) is 0 Å². The minimum atomic E-state index is -0.651. The maximum atomic E-state index is 12.6. The van der Waals surface area contributed by atoms with Crippen LogP contribution in [-0.4, -0.2) is 62.8 Å². The molecule has 0 aliphatic carbocycles. The first-order chi connectivity index (χ1) is 13.4. The molecule has 1 aliphatic heterocycles. The largest absolute Gasteiger partial charge is 0.466 e. The topological polar surface area (TPSA) is 111 Å². The summed E-state index contributed by atoms with van der Waals surface area (Å²) in [5.41, 5.74) is 0.444. The minimum absolute atomic E-state index is 0.101. The van der Waals surface area contributed by atoms with Crippen molar-refractivity contribution in [3.05, 3.63) is 29.3 Å². The summed E-state index contributed by atoms with van der Waals surface area (Å²) in [6, 6.07) is 3.70. The number of carbonyl (C=O) groups is 4. The number of piperidine rings is 1. The van der Waals surface area contributed by atoms with E-state index in [1.165, 1.54) is 37.3 Å². The zero-order valence-electron chi connectivity index (χ0n) is 16.1. The van der Waals surface area contributed by atoms with Gasteiger partial charge >= 0.3 is 23.9 Å². The average molecular weight is 392 g/mol. The Balaban J connectivity index is 2.17. The number of esters is 3. The van der Waals surface area contributed by atoms with Gasteiger partial charge in [0.2, 0.25) is 0 Å². The summed E-state index contributed by atoms with van der Waals surface area (Å²) in [5.74, 6) is -1.99. The van der Waals surface area contributed by atoms with Crippen molar-refractivity contribution in [2.45, 2.75) is 19.8 Å². The Kier molecular flexibility index (Phi) is 7.36. The van der Waals surface area contributed by atoms with Crippen LogP contribution in [0.2, 0.25) is 0 Å². The van der Waals surface area contributed by atoms with Crippen molar-refractivity contribution >= 4 is 29.6 Å². The van der Waals surface area contributed by atoms with Crippen LogP contribution in [0.1, 0.15) is 40.5 Å². The molecule has 0 radical (unpaired) electrons. The summed E-state index contributed by atoms with van der Waals surface area (Å²) in [7, 11) is 2.43. The third kappa shape index (κ3) is 5.21. The third-order valence-electron chi connectivity index (χ3n) is 4.36. The summed E-state index contributed by atoms with van der Waals surface area (Å²) in [4.78, 5) is 49.8. The summed E-state index contributed by atoms with van der Waals surface area (Å²) < 4.78 is 14.4. The number of methoxy groups -OCH3 is 2. The number of nitrogens with one attached hydrogen (secondary N) is 1. The first-order valence-electron chi connectivity index (χ1n) is 8.93. The van der Waals surface area contributed by atoms with E-state index < -0.39 is 18.0 Å². The van der Waals surface area contributed by atoms with Gasteiger partial charge in [0.25, 0.3) is 0 Å². The molecular formula is C19H24N2O7. The van der Waals surface area contributed by atoms with E-state index in [0.29, 0.717) is 19.4 Å². The molecule has 152 valence electrons. The van der Waals surface area contributed by atoms with Gasteiger partial charge in [0.05, 0.1) is 37.9 Å². The standard InChI is InChI=1S/C19H24N2O7/c1-4-28-18(24)12-6-5-7-21(11-12)19(25)20-15-9-13(16(22)26-2)8-14(10-15)17(23)27-3/h8-10,12H,4-7,11H2,1-3H3,(H,20,25). The summed E-state index contributed by atoms with van der Waals surface area (Å²) in [5, 5.41) is 2.66. The van der Waals surface area contributed by atoms with Crippen LogP contribution in [0, 0.1) is 5.92 Å². The molecule has 9 nitrogen and oxygen atoms in total. The normalized spacial score (nSPS) is 16.1. The maximum Gasteiger partial charge on any atom is 0.337 e. The second kappa shape index (κ2) is 9.72. The minimum Gasteiger partial charge on any atom is -0.466 e. The second-order valence-corrected chi connectivity index (χ2v) is 6.25. The van der Waals surface area contributed by atoms with E-state index in [1.54, 1.807) is 6.92 Å². The molecular weight excluding hydrogens is 368 g/mol. The highest BCUT2D eigenvalue weighted by Gasteiger charge is 2.29. The number of nitrogens with zero attached hydrogens (tertiary/aromatic N) is 1. The van der Waals surface area contributed by atoms with Crippen molar-refractivity contribution in [3.8, 4) is 0 Å². The molecule has 1 unspecified atom stereocenters. The molecule has 2 rings (SSSR count). The number of likely N-dealkylation sites (tertiary alicyclic amines) is 1. The van der Waals surface area contributed by atoms with Crippen molar-refractivity contribution in [2.75, 3.05) is 39.2 Å². The van der Waals surface area contributed by atoms with Gasteiger partial charge in [-0.2, -0.15) is 0 Å². The Hall–Kier alpha value is -3.10. The van der Waals surface area contributed by atoms with Gasteiger partial charge < -0.3 is 24.4 Å². The van der Waals surface area contributed by atoms with Crippen molar-refractivity contribution in [1.82, 2.24) is 4.90 Å². The second-order valence-electron chi connectivity index (χ2n) is 6.25. The van der Waals surface area contributed by atoms with Gasteiger partial charge in [0.15, 0.2) is 0 Å². The predicted octanol–water partition coefficient (Wildman–Crippen LogP) is 2.07. The third-order valence-corrected chi connectivity index (χ3v) is 4.36. The summed E-state index contributed by atoms with van der Waals surface area (Å²) >= 11 is 0. The molecule has 0 spiro atoms. The highest BCUT2D eigenvalue weighted by Crippen LogP contribution is 2.21. The van der Waals surface area contributed by atoms with Gasteiger partial charge in [-0.1, -0.05) is 0 Å². The zero-order chi connectivity index (χ0) is 20.7. The molecule has 1 heterocycles. The number of carbonyl (C=O) groups excluding carboxylic acids is 4. The van der Waals surface area contributed by atoms with Gasteiger partial charge in [0.1, 0.15) is 0 Å². The molecule has 9 heteroatoms. The summed E-state index contributed by atoms with van der Waals surface area (Å²) in [6.45, 7) is 2.75. The van der Waals surface area contributed by atoms with Crippen LogP contribution in [0.4, 0.5) is 10.5 Å². The Morgan fingerprint density at radius 3 is 2.21 bits per heavy atom.